The van der Waals surface area contributed by atoms with Gasteiger partial charge in [-0.3, -0.25) is 10.7 Å². The molecule has 0 bridgehead atoms. The van der Waals surface area contributed by atoms with Crippen molar-refractivity contribution in [1.82, 2.24) is 5.32 Å². The number of carbonyl (C=O) groups is 1. The van der Waals surface area contributed by atoms with Crippen LogP contribution in [0.1, 0.15) is 18.1 Å². The Labute approximate surface area is 134 Å². The second-order valence-corrected chi connectivity index (χ2v) is 4.70. The lowest BCUT2D eigenvalue weighted by Gasteiger charge is -2.09. The van der Waals surface area contributed by atoms with E-state index in [-0.39, 0.29) is 18.2 Å². The largest absolute Gasteiger partial charge is 0.508 e. The summed E-state index contributed by atoms with van der Waals surface area (Å²) >= 11 is 0. The van der Waals surface area contributed by atoms with Gasteiger partial charge in [0.2, 0.25) is 0 Å². The van der Waals surface area contributed by atoms with E-state index in [4.69, 9.17) is 14.9 Å². The molecule has 2 rings (SSSR count). The van der Waals surface area contributed by atoms with Crippen LogP contribution in [-0.2, 0) is 11.3 Å². The molecule has 0 radical (unpaired) electrons. The number of ether oxygens (including phenoxy) is 2. The number of rotatable bonds is 5. The summed E-state index contributed by atoms with van der Waals surface area (Å²) in [5, 5.41) is 19.4. The maximum Gasteiger partial charge on any atom is 0.413 e. The van der Waals surface area contributed by atoms with Gasteiger partial charge in [0.15, 0.2) is 0 Å². The highest BCUT2D eigenvalue weighted by Crippen LogP contribution is 2.13. The van der Waals surface area contributed by atoms with Gasteiger partial charge < -0.3 is 14.6 Å². The van der Waals surface area contributed by atoms with Crippen LogP contribution in [0.3, 0.4) is 0 Å². The standard InChI is InChI=1S/C17H18N2O4/c1-2-22-15-8-6-12(7-9-15)11-23-17(21)19-16(18)13-4-3-5-14(20)10-13/h3-10,20H,2,11H2,1H3,(H2,18,19,21). The summed E-state index contributed by atoms with van der Waals surface area (Å²) in [6, 6.07) is 13.3. The number of alkyl carbamates (subject to hydrolysis) is 1. The number of hydrogen-bond acceptors (Lipinski definition) is 5. The molecule has 6 heteroatoms. The average molecular weight is 314 g/mol. The summed E-state index contributed by atoms with van der Waals surface area (Å²) < 4.78 is 10.4. The minimum absolute atomic E-state index is 0.0248. The molecule has 6 nitrogen and oxygen atoms in total. The second-order valence-electron chi connectivity index (χ2n) is 4.70. The number of hydrogen-bond donors (Lipinski definition) is 3. The molecule has 0 spiro atoms. The quantitative estimate of drug-likeness (QED) is 0.584. The maximum atomic E-state index is 11.7. The SMILES string of the molecule is CCOc1ccc(COC(=O)NC(=N)c2cccc(O)c2)cc1. The van der Waals surface area contributed by atoms with Crippen molar-refractivity contribution in [2.75, 3.05) is 6.61 Å². The first-order valence-corrected chi connectivity index (χ1v) is 7.12. The highest BCUT2D eigenvalue weighted by molar-refractivity contribution is 6.04. The van der Waals surface area contributed by atoms with E-state index >= 15 is 0 Å². The maximum absolute atomic E-state index is 11.7. The van der Waals surface area contributed by atoms with Crippen LogP contribution in [0.15, 0.2) is 48.5 Å². The summed E-state index contributed by atoms with van der Waals surface area (Å²) in [7, 11) is 0. The lowest BCUT2D eigenvalue weighted by Crippen LogP contribution is -2.30. The van der Waals surface area contributed by atoms with Gasteiger partial charge in [0.1, 0.15) is 23.9 Å². The van der Waals surface area contributed by atoms with Gasteiger partial charge in [-0.15, -0.1) is 0 Å². The minimum Gasteiger partial charge on any atom is -0.508 e. The molecule has 23 heavy (non-hydrogen) atoms. The normalized spacial score (nSPS) is 9.96. The smallest absolute Gasteiger partial charge is 0.413 e. The molecule has 2 aromatic rings. The summed E-state index contributed by atoms with van der Waals surface area (Å²) in [5.74, 6) is 0.640. The van der Waals surface area contributed by atoms with E-state index in [1.54, 1.807) is 36.4 Å². The lowest BCUT2D eigenvalue weighted by molar-refractivity contribution is 0.145. The number of phenolic OH excluding ortho intramolecular Hbond substituents is 1. The Morgan fingerprint density at radius 3 is 2.61 bits per heavy atom. The van der Waals surface area contributed by atoms with Gasteiger partial charge in [-0.25, -0.2) is 4.79 Å². The van der Waals surface area contributed by atoms with Crippen LogP contribution in [0.4, 0.5) is 4.79 Å². The van der Waals surface area contributed by atoms with Crippen molar-refractivity contribution < 1.29 is 19.4 Å². The van der Waals surface area contributed by atoms with E-state index in [1.807, 2.05) is 6.92 Å². The van der Waals surface area contributed by atoms with E-state index in [0.29, 0.717) is 12.2 Å². The molecule has 3 N–H and O–H groups in total. The molecule has 2 aromatic carbocycles. The van der Waals surface area contributed by atoms with Crippen LogP contribution in [0, 0.1) is 5.41 Å². The molecule has 0 saturated carbocycles. The Balaban J connectivity index is 1.84. The van der Waals surface area contributed by atoms with E-state index in [9.17, 15) is 9.90 Å². The van der Waals surface area contributed by atoms with Crippen molar-refractivity contribution in [3.63, 3.8) is 0 Å². The molecule has 0 aliphatic rings. The Bertz CT molecular complexity index is 683. The number of nitrogens with one attached hydrogen (secondary N) is 2. The number of benzene rings is 2. The van der Waals surface area contributed by atoms with Gasteiger partial charge in [0.25, 0.3) is 0 Å². The van der Waals surface area contributed by atoms with Crippen LogP contribution < -0.4 is 10.1 Å². The molecular formula is C17H18N2O4. The fourth-order valence-corrected chi connectivity index (χ4v) is 1.87. The zero-order chi connectivity index (χ0) is 16.7. The topological polar surface area (TPSA) is 91.6 Å². The fourth-order valence-electron chi connectivity index (χ4n) is 1.87. The molecule has 1 amide bonds. The van der Waals surface area contributed by atoms with Crippen molar-refractivity contribution in [1.29, 1.82) is 5.41 Å². The van der Waals surface area contributed by atoms with Crippen molar-refractivity contribution in [3.8, 4) is 11.5 Å². The van der Waals surface area contributed by atoms with E-state index in [0.717, 1.165) is 11.3 Å². The third kappa shape index (κ3) is 5.03. The average Bonchev–Trinajstić information content (AvgIpc) is 2.54. The summed E-state index contributed by atoms with van der Waals surface area (Å²) in [4.78, 5) is 11.7. The second kappa shape index (κ2) is 7.84. The van der Waals surface area contributed by atoms with Crippen LogP contribution in [-0.4, -0.2) is 23.6 Å². The predicted molar refractivity (Wildman–Crippen MR) is 85.9 cm³/mol. The zero-order valence-corrected chi connectivity index (χ0v) is 12.7. The van der Waals surface area contributed by atoms with E-state index in [1.165, 1.54) is 12.1 Å². The number of aromatic hydroxyl groups is 1. The highest BCUT2D eigenvalue weighted by Gasteiger charge is 2.08. The van der Waals surface area contributed by atoms with Gasteiger partial charge >= 0.3 is 6.09 Å². The van der Waals surface area contributed by atoms with E-state index in [2.05, 4.69) is 5.32 Å². The summed E-state index contributed by atoms with van der Waals surface area (Å²) in [6.45, 7) is 2.59. The summed E-state index contributed by atoms with van der Waals surface area (Å²) in [6.07, 6.45) is -0.729. The van der Waals surface area contributed by atoms with Crippen LogP contribution in [0.5, 0.6) is 11.5 Å². The molecule has 0 heterocycles. The Morgan fingerprint density at radius 1 is 1.22 bits per heavy atom. The first kappa shape index (κ1) is 16.4. The molecule has 120 valence electrons. The number of phenols is 1. The van der Waals surface area contributed by atoms with Crippen molar-refractivity contribution >= 4 is 11.9 Å². The van der Waals surface area contributed by atoms with E-state index < -0.39 is 6.09 Å². The molecule has 0 saturated heterocycles. The molecule has 0 aliphatic heterocycles. The van der Waals surface area contributed by atoms with Crippen LogP contribution >= 0.6 is 0 Å². The van der Waals surface area contributed by atoms with Crippen molar-refractivity contribution in [2.24, 2.45) is 0 Å². The van der Waals surface area contributed by atoms with Gasteiger partial charge in [0.05, 0.1) is 6.61 Å². The number of carbonyl (C=O) groups excluding carboxylic acids is 1. The van der Waals surface area contributed by atoms with Crippen LogP contribution in [0.2, 0.25) is 0 Å². The first-order chi connectivity index (χ1) is 11.1. The molecule has 0 unspecified atom stereocenters. The Hall–Kier alpha value is -3.02. The highest BCUT2D eigenvalue weighted by atomic mass is 16.5. The number of amidine groups is 1. The van der Waals surface area contributed by atoms with Crippen molar-refractivity contribution in [2.45, 2.75) is 13.5 Å². The monoisotopic (exact) mass is 314 g/mol. The van der Waals surface area contributed by atoms with Crippen LogP contribution in [0.25, 0.3) is 0 Å². The molecule has 0 fully saturated rings. The number of amides is 1. The Morgan fingerprint density at radius 2 is 1.96 bits per heavy atom. The lowest BCUT2D eigenvalue weighted by atomic mass is 10.2. The van der Waals surface area contributed by atoms with Gasteiger partial charge in [-0.05, 0) is 36.8 Å². The minimum atomic E-state index is -0.729. The molecule has 0 aromatic heterocycles. The van der Waals surface area contributed by atoms with Gasteiger partial charge in [-0.2, -0.15) is 0 Å². The fraction of sp³-hybridized carbons (Fsp3) is 0.176. The third-order valence-electron chi connectivity index (χ3n) is 2.97. The third-order valence-corrected chi connectivity index (χ3v) is 2.97. The summed E-state index contributed by atoms with van der Waals surface area (Å²) in [5.41, 5.74) is 1.20. The molecular weight excluding hydrogens is 296 g/mol. The molecule has 0 atom stereocenters. The first-order valence-electron chi connectivity index (χ1n) is 7.12. The predicted octanol–water partition coefficient (Wildman–Crippen LogP) is 3.04. The van der Waals surface area contributed by atoms with Gasteiger partial charge in [-0.1, -0.05) is 24.3 Å². The van der Waals surface area contributed by atoms with Crippen molar-refractivity contribution in [3.05, 3.63) is 59.7 Å². The van der Waals surface area contributed by atoms with Gasteiger partial charge in [0, 0.05) is 5.56 Å². The molecule has 0 aliphatic carbocycles. The zero-order valence-electron chi connectivity index (χ0n) is 12.7. The Kier molecular flexibility index (Phi) is 5.57.